The van der Waals surface area contributed by atoms with Gasteiger partial charge in [0.05, 0.1) is 26.4 Å². The van der Waals surface area contributed by atoms with Crippen molar-refractivity contribution in [2.45, 2.75) is 6.54 Å². The normalized spacial score (nSPS) is 15.8. The molecule has 0 atom stereocenters. The van der Waals surface area contributed by atoms with Crippen LogP contribution in [0.1, 0.15) is 5.82 Å². The fourth-order valence-electron chi connectivity index (χ4n) is 3.06. The van der Waals surface area contributed by atoms with Crippen LogP contribution in [0.4, 0.5) is 0 Å². The summed E-state index contributed by atoms with van der Waals surface area (Å²) in [7, 11) is 2.00. The molecule has 2 aromatic rings. The molecule has 0 saturated carbocycles. The lowest BCUT2D eigenvalue weighted by Crippen LogP contribution is -2.42. The van der Waals surface area contributed by atoms with Gasteiger partial charge in [0.25, 0.3) is 0 Å². The molecule has 1 aromatic heterocycles. The SMILES string of the molecule is Cn1c(CN(CCO)CCN2CCOCC2)nnc1-c1ccccc1. The van der Waals surface area contributed by atoms with Gasteiger partial charge in [-0.3, -0.25) is 9.80 Å². The Balaban J connectivity index is 1.62. The van der Waals surface area contributed by atoms with Crippen molar-refractivity contribution in [3.05, 3.63) is 36.2 Å². The smallest absolute Gasteiger partial charge is 0.163 e. The van der Waals surface area contributed by atoms with E-state index >= 15 is 0 Å². The summed E-state index contributed by atoms with van der Waals surface area (Å²) in [5.41, 5.74) is 1.06. The number of ether oxygens (including phenoxy) is 1. The molecular weight excluding hydrogens is 318 g/mol. The molecular formula is C18H27N5O2. The Hall–Kier alpha value is -1.80. The van der Waals surface area contributed by atoms with Crippen molar-refractivity contribution in [1.29, 1.82) is 0 Å². The zero-order chi connectivity index (χ0) is 17.5. The second-order valence-corrected chi connectivity index (χ2v) is 6.32. The number of nitrogens with zero attached hydrogens (tertiary/aromatic N) is 5. The minimum absolute atomic E-state index is 0.145. The van der Waals surface area contributed by atoms with E-state index in [2.05, 4.69) is 20.0 Å². The van der Waals surface area contributed by atoms with E-state index in [1.807, 2.05) is 41.9 Å². The molecule has 0 bridgehead atoms. The van der Waals surface area contributed by atoms with E-state index < -0.39 is 0 Å². The number of aromatic nitrogens is 3. The van der Waals surface area contributed by atoms with E-state index in [0.717, 1.165) is 56.6 Å². The molecule has 1 aromatic carbocycles. The van der Waals surface area contributed by atoms with Crippen LogP contribution in [0.5, 0.6) is 0 Å². The van der Waals surface area contributed by atoms with Gasteiger partial charge < -0.3 is 14.4 Å². The quantitative estimate of drug-likeness (QED) is 0.756. The number of rotatable bonds is 8. The molecule has 2 heterocycles. The molecule has 0 spiro atoms. The standard InChI is InChI=1S/C18H27N5O2/c1-21-17(19-20-18(21)16-5-3-2-4-6-16)15-23(9-12-24)8-7-22-10-13-25-14-11-22/h2-6,24H,7-15H2,1H3. The van der Waals surface area contributed by atoms with Gasteiger partial charge in [-0.05, 0) is 0 Å². The molecule has 1 aliphatic rings. The number of aliphatic hydroxyl groups excluding tert-OH is 1. The first-order valence-corrected chi connectivity index (χ1v) is 8.85. The molecule has 1 fully saturated rings. The van der Waals surface area contributed by atoms with E-state index in [4.69, 9.17) is 4.74 Å². The molecule has 0 unspecified atom stereocenters. The molecule has 0 aliphatic carbocycles. The highest BCUT2D eigenvalue weighted by atomic mass is 16.5. The summed E-state index contributed by atoms with van der Waals surface area (Å²) in [5.74, 6) is 1.78. The molecule has 0 radical (unpaired) electrons. The number of morpholine rings is 1. The van der Waals surface area contributed by atoms with E-state index in [0.29, 0.717) is 13.1 Å². The van der Waals surface area contributed by atoms with Crippen molar-refractivity contribution in [2.24, 2.45) is 7.05 Å². The molecule has 1 N–H and O–H groups in total. The molecule has 1 aliphatic heterocycles. The average molecular weight is 345 g/mol. The van der Waals surface area contributed by atoms with E-state index in [1.54, 1.807) is 0 Å². The van der Waals surface area contributed by atoms with Crippen LogP contribution in [0, 0.1) is 0 Å². The second-order valence-electron chi connectivity index (χ2n) is 6.32. The summed E-state index contributed by atoms with van der Waals surface area (Å²) in [6.45, 7) is 6.92. The van der Waals surface area contributed by atoms with Crippen molar-refractivity contribution in [1.82, 2.24) is 24.6 Å². The summed E-state index contributed by atoms with van der Waals surface area (Å²) in [6, 6.07) is 10.1. The van der Waals surface area contributed by atoms with Crippen LogP contribution in [0.15, 0.2) is 30.3 Å². The Morgan fingerprint density at radius 2 is 1.88 bits per heavy atom. The van der Waals surface area contributed by atoms with Crippen LogP contribution in [0.25, 0.3) is 11.4 Å². The Bertz CT molecular complexity index is 640. The Morgan fingerprint density at radius 3 is 2.60 bits per heavy atom. The zero-order valence-electron chi connectivity index (χ0n) is 14.8. The molecule has 136 valence electrons. The number of hydrogen-bond acceptors (Lipinski definition) is 6. The summed E-state index contributed by atoms with van der Waals surface area (Å²) in [5, 5.41) is 18.1. The highest BCUT2D eigenvalue weighted by molar-refractivity contribution is 5.54. The van der Waals surface area contributed by atoms with Crippen molar-refractivity contribution in [2.75, 3.05) is 52.5 Å². The van der Waals surface area contributed by atoms with Gasteiger partial charge in [-0.1, -0.05) is 30.3 Å². The monoisotopic (exact) mass is 345 g/mol. The Kier molecular flexibility index (Phi) is 6.52. The summed E-state index contributed by atoms with van der Waals surface area (Å²) in [4.78, 5) is 4.63. The van der Waals surface area contributed by atoms with E-state index in [9.17, 15) is 5.11 Å². The van der Waals surface area contributed by atoms with Gasteiger partial charge in [0, 0.05) is 45.3 Å². The third kappa shape index (κ3) is 4.85. The van der Waals surface area contributed by atoms with Gasteiger partial charge in [0.1, 0.15) is 5.82 Å². The predicted octanol–water partition coefficient (Wildman–Crippen LogP) is 0.609. The van der Waals surface area contributed by atoms with E-state index in [1.165, 1.54) is 0 Å². The molecule has 7 nitrogen and oxygen atoms in total. The van der Waals surface area contributed by atoms with Gasteiger partial charge in [-0.15, -0.1) is 10.2 Å². The molecule has 7 heteroatoms. The minimum atomic E-state index is 0.145. The van der Waals surface area contributed by atoms with Crippen LogP contribution in [-0.2, 0) is 18.3 Å². The first-order valence-electron chi connectivity index (χ1n) is 8.85. The molecule has 1 saturated heterocycles. The second kappa shape index (κ2) is 9.05. The third-order valence-electron chi connectivity index (χ3n) is 4.61. The molecule has 25 heavy (non-hydrogen) atoms. The van der Waals surface area contributed by atoms with Crippen molar-refractivity contribution < 1.29 is 9.84 Å². The van der Waals surface area contributed by atoms with Crippen molar-refractivity contribution in [3.63, 3.8) is 0 Å². The fourth-order valence-corrected chi connectivity index (χ4v) is 3.06. The van der Waals surface area contributed by atoms with Gasteiger partial charge in [0.2, 0.25) is 0 Å². The first kappa shape index (κ1) is 18.0. The summed E-state index contributed by atoms with van der Waals surface area (Å²) >= 11 is 0. The van der Waals surface area contributed by atoms with E-state index in [-0.39, 0.29) is 6.61 Å². The number of aliphatic hydroxyl groups is 1. The Labute approximate surface area is 148 Å². The average Bonchev–Trinajstić information content (AvgIpc) is 3.02. The van der Waals surface area contributed by atoms with Crippen LogP contribution >= 0.6 is 0 Å². The lowest BCUT2D eigenvalue weighted by molar-refractivity contribution is 0.0318. The summed E-state index contributed by atoms with van der Waals surface area (Å²) in [6.07, 6.45) is 0. The lowest BCUT2D eigenvalue weighted by atomic mass is 10.2. The van der Waals surface area contributed by atoms with Gasteiger partial charge in [-0.2, -0.15) is 0 Å². The highest BCUT2D eigenvalue weighted by Gasteiger charge is 2.16. The van der Waals surface area contributed by atoms with Crippen molar-refractivity contribution >= 4 is 0 Å². The highest BCUT2D eigenvalue weighted by Crippen LogP contribution is 2.17. The number of hydrogen-bond donors (Lipinski definition) is 1. The largest absolute Gasteiger partial charge is 0.395 e. The number of benzene rings is 1. The van der Waals surface area contributed by atoms with Crippen LogP contribution in [0.2, 0.25) is 0 Å². The molecule has 3 rings (SSSR count). The zero-order valence-corrected chi connectivity index (χ0v) is 14.8. The third-order valence-corrected chi connectivity index (χ3v) is 4.61. The van der Waals surface area contributed by atoms with Crippen LogP contribution in [0.3, 0.4) is 0 Å². The van der Waals surface area contributed by atoms with Gasteiger partial charge in [-0.25, -0.2) is 0 Å². The van der Waals surface area contributed by atoms with Gasteiger partial charge in [0.15, 0.2) is 5.82 Å². The minimum Gasteiger partial charge on any atom is -0.395 e. The maximum absolute atomic E-state index is 9.39. The van der Waals surface area contributed by atoms with Gasteiger partial charge >= 0.3 is 0 Å². The maximum Gasteiger partial charge on any atom is 0.163 e. The van der Waals surface area contributed by atoms with Crippen LogP contribution in [-0.4, -0.2) is 82.2 Å². The van der Waals surface area contributed by atoms with Crippen LogP contribution < -0.4 is 0 Å². The van der Waals surface area contributed by atoms with Crippen molar-refractivity contribution in [3.8, 4) is 11.4 Å². The first-order chi connectivity index (χ1) is 12.3. The fraction of sp³-hybridized carbons (Fsp3) is 0.556. The maximum atomic E-state index is 9.39. The topological polar surface area (TPSA) is 66.7 Å². The summed E-state index contributed by atoms with van der Waals surface area (Å²) < 4.78 is 7.43. The molecule has 0 amide bonds. The Morgan fingerprint density at radius 1 is 1.12 bits per heavy atom. The lowest BCUT2D eigenvalue weighted by Gasteiger charge is -2.29. The predicted molar refractivity (Wildman–Crippen MR) is 96.1 cm³/mol.